The summed E-state index contributed by atoms with van der Waals surface area (Å²) in [5.74, 6) is -7.54. The number of para-hydroxylation sites is 1. The number of aromatic nitrogens is 1. The van der Waals surface area contributed by atoms with E-state index in [0.29, 0.717) is 17.5 Å². The Morgan fingerprint density at radius 3 is 1.99 bits per heavy atom. The maximum atomic E-state index is 14.5. The van der Waals surface area contributed by atoms with Gasteiger partial charge >= 0.3 is 0 Å². The molecule has 3 aliphatic heterocycles. The Morgan fingerprint density at radius 2 is 1.28 bits per heavy atom. The number of H-pyrrole nitrogens is 1. The third kappa shape index (κ3) is 13.0. The molecule has 0 aliphatic carbocycles. The van der Waals surface area contributed by atoms with Crippen LogP contribution in [-0.2, 0) is 60.7 Å². The molecule has 4 heterocycles. The zero-order chi connectivity index (χ0) is 49.2. The average molecular weight is 941 g/mol. The Labute approximate surface area is 394 Å². The molecule has 2 aromatic carbocycles. The highest BCUT2D eigenvalue weighted by Crippen LogP contribution is 2.31. The van der Waals surface area contributed by atoms with E-state index in [1.54, 1.807) is 50.4 Å². The van der Waals surface area contributed by atoms with Gasteiger partial charge in [-0.05, 0) is 47.8 Å². The second kappa shape index (κ2) is 22.8. The van der Waals surface area contributed by atoms with E-state index in [2.05, 4.69) is 52.8 Å². The van der Waals surface area contributed by atoms with E-state index in [-0.39, 0.29) is 49.0 Å². The molecule has 10 N–H and O–H groups in total. The third-order valence-corrected chi connectivity index (χ3v) is 12.9. The van der Waals surface area contributed by atoms with Gasteiger partial charge in [0.1, 0.15) is 36.3 Å². The van der Waals surface area contributed by atoms with Crippen LogP contribution in [0.15, 0.2) is 60.8 Å². The first-order valence-corrected chi connectivity index (χ1v) is 23.3. The second-order valence-corrected chi connectivity index (χ2v) is 18.5. The highest BCUT2D eigenvalue weighted by Gasteiger charge is 2.43. The number of carbonyl (C=O) groups is 9. The van der Waals surface area contributed by atoms with Crippen LogP contribution >= 0.6 is 0 Å². The van der Waals surface area contributed by atoms with Gasteiger partial charge in [0.05, 0.1) is 25.0 Å². The first-order chi connectivity index (χ1) is 32.4. The summed E-state index contributed by atoms with van der Waals surface area (Å²) in [5, 5.41) is 25.0. The monoisotopic (exact) mass is 940 g/mol. The molecule has 3 fully saturated rings. The number of fused-ring (bicyclic) bond motifs is 6. The van der Waals surface area contributed by atoms with Crippen molar-refractivity contribution in [3.63, 3.8) is 0 Å². The summed E-state index contributed by atoms with van der Waals surface area (Å²) in [6, 6.07) is 6.58. The lowest BCUT2D eigenvalue weighted by molar-refractivity contribution is -0.154. The summed E-state index contributed by atoms with van der Waals surface area (Å²) in [6.45, 7) is 10.3. The second-order valence-electron chi connectivity index (χ2n) is 18.5. The van der Waals surface area contributed by atoms with Crippen molar-refractivity contribution < 1.29 is 47.9 Å². The van der Waals surface area contributed by atoms with Gasteiger partial charge in [-0.3, -0.25) is 43.2 Å². The SMILES string of the molecule is CCC1OC(NC(=O)C[C@@H]2NC(=O)[C@H](CC(C)C)NC(=O)[C@@H]3CNC(=O)CC(NC2=O)C(=O)N[C@@H](Cc2c[nH]c4ccccc24)C(=O)N[C@@H](Cc2ccccc2)C(=O)N3)C(NC(C)=O)C(C)C1C. The van der Waals surface area contributed by atoms with Gasteiger partial charge in [0, 0.05) is 43.4 Å². The van der Waals surface area contributed by atoms with Crippen molar-refractivity contribution in [2.75, 3.05) is 6.54 Å². The molecule has 1 aromatic heterocycles. The number of carbonyl (C=O) groups excluding carboxylic acids is 9. The smallest absolute Gasteiger partial charge is 0.245 e. The molecule has 20 heteroatoms. The normalized spacial score (nSPS) is 28.8. The van der Waals surface area contributed by atoms with Crippen molar-refractivity contribution in [1.82, 2.24) is 52.8 Å². The van der Waals surface area contributed by atoms with Crippen LogP contribution < -0.4 is 47.9 Å². The molecule has 3 aliphatic rings. The van der Waals surface area contributed by atoms with Crippen molar-refractivity contribution in [3.05, 3.63) is 71.9 Å². The first kappa shape index (κ1) is 50.6. The fourth-order valence-corrected chi connectivity index (χ4v) is 9.00. The largest absolute Gasteiger partial charge is 0.361 e. The van der Waals surface area contributed by atoms with E-state index >= 15 is 0 Å². The molecule has 366 valence electrons. The van der Waals surface area contributed by atoms with Gasteiger partial charge in [-0.25, -0.2) is 0 Å². The van der Waals surface area contributed by atoms with Crippen LogP contribution in [0, 0.1) is 17.8 Å². The maximum absolute atomic E-state index is 14.5. The predicted molar refractivity (Wildman–Crippen MR) is 248 cm³/mol. The summed E-state index contributed by atoms with van der Waals surface area (Å²) in [6.07, 6.45) is -0.528. The number of amides is 9. The number of hydrogen-bond donors (Lipinski definition) is 10. The molecule has 9 amide bonds. The molecule has 0 saturated carbocycles. The van der Waals surface area contributed by atoms with Gasteiger partial charge in [-0.15, -0.1) is 0 Å². The van der Waals surface area contributed by atoms with Crippen LogP contribution in [0.1, 0.15) is 78.4 Å². The van der Waals surface area contributed by atoms with E-state index in [9.17, 15) is 43.2 Å². The summed E-state index contributed by atoms with van der Waals surface area (Å²) in [5.41, 5.74) is 2.05. The number of ether oxygens (including phenoxy) is 1. The van der Waals surface area contributed by atoms with Gasteiger partial charge in [0.25, 0.3) is 0 Å². The van der Waals surface area contributed by atoms with Crippen molar-refractivity contribution in [2.45, 2.75) is 135 Å². The van der Waals surface area contributed by atoms with E-state index in [1.165, 1.54) is 6.92 Å². The lowest BCUT2D eigenvalue weighted by Gasteiger charge is -2.45. The van der Waals surface area contributed by atoms with Gasteiger partial charge in [-0.2, -0.15) is 0 Å². The van der Waals surface area contributed by atoms with Crippen molar-refractivity contribution >= 4 is 64.1 Å². The number of aromatic amines is 1. The minimum Gasteiger partial charge on any atom is -0.361 e. The van der Waals surface area contributed by atoms with Gasteiger partial charge in [-0.1, -0.05) is 83.1 Å². The Bertz CT molecular complexity index is 2360. The first-order valence-electron chi connectivity index (χ1n) is 23.3. The van der Waals surface area contributed by atoms with Crippen LogP contribution in [-0.4, -0.2) is 119 Å². The van der Waals surface area contributed by atoms with Crippen LogP contribution in [0.25, 0.3) is 10.9 Å². The van der Waals surface area contributed by atoms with Gasteiger partial charge in [0.2, 0.25) is 53.2 Å². The summed E-state index contributed by atoms with van der Waals surface area (Å²) in [4.78, 5) is 130. The summed E-state index contributed by atoms with van der Waals surface area (Å²) >= 11 is 0. The minimum atomic E-state index is -1.70. The minimum absolute atomic E-state index is 0.00808. The van der Waals surface area contributed by atoms with E-state index in [4.69, 9.17) is 4.74 Å². The van der Waals surface area contributed by atoms with Crippen LogP contribution in [0.2, 0.25) is 0 Å². The third-order valence-electron chi connectivity index (χ3n) is 12.9. The van der Waals surface area contributed by atoms with Crippen molar-refractivity contribution in [3.8, 4) is 0 Å². The molecule has 2 bridgehead atoms. The molecule has 3 aromatic rings. The van der Waals surface area contributed by atoms with Crippen LogP contribution in [0.4, 0.5) is 0 Å². The molecule has 6 rings (SSSR count). The lowest BCUT2D eigenvalue weighted by Crippen LogP contribution is -2.65. The maximum Gasteiger partial charge on any atom is 0.245 e. The number of hydrogen-bond acceptors (Lipinski definition) is 10. The zero-order valence-corrected chi connectivity index (χ0v) is 39.2. The van der Waals surface area contributed by atoms with E-state index in [0.717, 1.165) is 10.9 Å². The number of nitrogens with one attached hydrogen (secondary N) is 10. The zero-order valence-electron chi connectivity index (χ0n) is 39.2. The Balaban J connectivity index is 1.38. The lowest BCUT2D eigenvalue weighted by atomic mass is 9.80. The molecule has 0 spiro atoms. The Morgan fingerprint density at radius 1 is 0.691 bits per heavy atom. The summed E-state index contributed by atoms with van der Waals surface area (Å²) in [7, 11) is 0. The molecule has 0 radical (unpaired) electrons. The molecule has 3 saturated heterocycles. The molecule has 68 heavy (non-hydrogen) atoms. The standard InChI is InChI=1S/C48H64N10O10/c1-7-38-25(4)26(5)41(51-27(6)59)48(68-38)58-40(61)21-36-46(66)55-35-20-39(60)50-23-37(47(67)52-32(17-24(2)3)42(62)56-36)57-43(63)33(18-28-13-9-8-10-14-28)53-44(64)34(54-45(35)65)19-29-22-49-31-16-12-11-15-30(29)31/h8-16,22,24-26,32-38,41,48-49H,7,17-21,23H2,1-6H3,(H,50,60)(H,51,59)(H,52,67)(H,53,64)(H,54,65)(H,55,66)(H,56,62)(H,57,63)(H,58,61)/t25?,26?,32-,33-,34-,35?,36-,37-,38?,41?,48?/m0/s1. The highest BCUT2D eigenvalue weighted by atomic mass is 16.5. The topological polar surface area (TPSA) is 287 Å². The quantitative estimate of drug-likeness (QED) is 0.122. The fraction of sp³-hybridized carbons (Fsp3) is 0.521. The number of benzene rings is 2. The van der Waals surface area contributed by atoms with E-state index in [1.807, 2.05) is 45.0 Å². The fourth-order valence-electron chi connectivity index (χ4n) is 9.00. The molecule has 20 nitrogen and oxygen atoms in total. The van der Waals surface area contributed by atoms with Crippen LogP contribution in [0.3, 0.4) is 0 Å². The van der Waals surface area contributed by atoms with Crippen molar-refractivity contribution in [2.24, 2.45) is 17.8 Å². The van der Waals surface area contributed by atoms with Gasteiger partial charge < -0.3 is 57.6 Å². The van der Waals surface area contributed by atoms with E-state index < -0.39 is 115 Å². The Hall–Kier alpha value is -6.83. The Kier molecular flexibility index (Phi) is 16.9. The summed E-state index contributed by atoms with van der Waals surface area (Å²) < 4.78 is 6.26. The molecule has 11 atom stereocenters. The number of rotatable bonds is 11. The molecular weight excluding hydrogens is 877 g/mol. The van der Waals surface area contributed by atoms with Gasteiger partial charge in [0.15, 0.2) is 6.23 Å². The molecular formula is C48H64N10O10. The van der Waals surface area contributed by atoms with Crippen molar-refractivity contribution in [1.29, 1.82) is 0 Å². The highest BCUT2D eigenvalue weighted by molar-refractivity contribution is 6.01. The average Bonchev–Trinajstić information content (AvgIpc) is 3.70. The predicted octanol–water partition coefficient (Wildman–Crippen LogP) is -0.140. The molecule has 6 unspecified atom stereocenters. The van der Waals surface area contributed by atoms with Crippen LogP contribution in [0.5, 0.6) is 0 Å².